The molecule has 0 aliphatic heterocycles. The van der Waals surface area contributed by atoms with Gasteiger partial charge in [0, 0.05) is 0 Å². The molecule has 0 spiro atoms. The normalized spacial score (nSPS) is 3.43. The van der Waals surface area contributed by atoms with Crippen molar-refractivity contribution in [2.75, 3.05) is 0 Å². The van der Waals surface area contributed by atoms with E-state index >= 15 is 0 Å². The van der Waals surface area contributed by atoms with Gasteiger partial charge in [-0.25, -0.2) is 0 Å². The molecule has 7 heteroatoms. The van der Waals surface area contributed by atoms with Gasteiger partial charge in [-0.1, -0.05) is 0 Å². The summed E-state index contributed by atoms with van der Waals surface area (Å²) in [5, 5.41) is 18.0. The molecule has 6 nitrogen and oxygen atoms in total. The van der Waals surface area contributed by atoms with E-state index in [9.17, 15) is 0 Å². The average molecular weight is 198 g/mol. The first-order chi connectivity index (χ1) is 2.83. The van der Waals surface area contributed by atoms with Crippen LogP contribution in [0.25, 0.3) is 0 Å². The monoisotopic (exact) mass is 198 g/mol. The van der Waals surface area contributed by atoms with Crippen LogP contribution in [0.2, 0.25) is 0 Å². The quantitative estimate of drug-likeness (QED) is 0.321. The minimum absolute atomic E-state index is 0. The fourth-order valence-corrected chi connectivity index (χ4v) is 0. The molecule has 0 aromatic carbocycles. The smallest absolute Gasteiger partial charge is 0.444 e. The SMILES string of the molecule is O=N[O-].O=N[O-].[Pd+2]. The Bertz CT molecular complexity index is 30.7. The van der Waals surface area contributed by atoms with Gasteiger partial charge in [0.25, 0.3) is 0 Å². The Balaban J connectivity index is -0.0000000400. The number of hydrogen-bond acceptors (Lipinski definition) is 6. The first-order valence-corrected chi connectivity index (χ1v) is 0.730. The largest absolute Gasteiger partial charge is 2.00 e. The number of rotatable bonds is 0. The molecule has 0 fully saturated rings. The van der Waals surface area contributed by atoms with Crippen molar-refractivity contribution in [3.05, 3.63) is 20.2 Å². The Kier molecular flexibility index (Phi) is 117. The Morgan fingerprint density at radius 3 is 1.00 bits per heavy atom. The minimum atomic E-state index is 0. The Labute approximate surface area is 52.0 Å². The molecule has 0 heterocycles. The van der Waals surface area contributed by atoms with Crippen molar-refractivity contribution in [1.29, 1.82) is 0 Å². The van der Waals surface area contributed by atoms with E-state index in [2.05, 4.69) is 0 Å². The van der Waals surface area contributed by atoms with Gasteiger partial charge in [0.1, 0.15) is 0 Å². The molecule has 0 rings (SSSR count). The van der Waals surface area contributed by atoms with Crippen molar-refractivity contribution in [3.8, 4) is 0 Å². The van der Waals surface area contributed by atoms with Crippen molar-refractivity contribution < 1.29 is 20.4 Å². The molecular weight excluding hydrogens is 198 g/mol. The van der Waals surface area contributed by atoms with Crippen molar-refractivity contribution in [2.24, 2.45) is 10.7 Å². The van der Waals surface area contributed by atoms with E-state index in [0.717, 1.165) is 10.7 Å². The first-order valence-electron chi connectivity index (χ1n) is 0.730. The summed E-state index contributed by atoms with van der Waals surface area (Å²) in [5.74, 6) is 0. The number of nitrogens with zero attached hydrogens (tertiary/aromatic N) is 2. The summed E-state index contributed by atoms with van der Waals surface area (Å²) < 4.78 is 0. The second kappa shape index (κ2) is 50.9. The number of hydrogen-bond donors (Lipinski definition) is 0. The van der Waals surface area contributed by atoms with E-state index in [1.807, 2.05) is 0 Å². The van der Waals surface area contributed by atoms with E-state index in [1.54, 1.807) is 0 Å². The van der Waals surface area contributed by atoms with Gasteiger partial charge in [0.05, 0.1) is 0 Å². The van der Waals surface area contributed by atoms with Gasteiger partial charge < -0.3 is 20.2 Å². The summed E-state index contributed by atoms with van der Waals surface area (Å²) in [6.45, 7) is 0. The van der Waals surface area contributed by atoms with Gasteiger partial charge in [0.2, 0.25) is 0 Å². The van der Waals surface area contributed by atoms with Crippen LogP contribution in [0.5, 0.6) is 0 Å². The summed E-state index contributed by atoms with van der Waals surface area (Å²) in [5.41, 5.74) is 0. The zero-order valence-electron chi connectivity index (χ0n) is 2.84. The van der Waals surface area contributed by atoms with Gasteiger partial charge in [-0.3, -0.25) is 0 Å². The van der Waals surface area contributed by atoms with Crippen molar-refractivity contribution in [3.63, 3.8) is 0 Å². The molecule has 0 radical (unpaired) electrons. The Morgan fingerprint density at radius 2 is 1.00 bits per heavy atom. The van der Waals surface area contributed by atoms with Gasteiger partial charge in [-0.05, 0) is 0 Å². The molecule has 44 valence electrons. The summed E-state index contributed by atoms with van der Waals surface area (Å²) >= 11 is 0. The van der Waals surface area contributed by atoms with Gasteiger partial charge >= 0.3 is 20.4 Å². The summed E-state index contributed by atoms with van der Waals surface area (Å²) in [6.07, 6.45) is 0. The van der Waals surface area contributed by atoms with E-state index in [1.165, 1.54) is 0 Å². The van der Waals surface area contributed by atoms with Crippen LogP contribution in [-0.4, -0.2) is 0 Å². The maximum atomic E-state index is 8.00. The molecular formula is N2O4Pd. The molecule has 0 saturated heterocycles. The van der Waals surface area contributed by atoms with Gasteiger partial charge in [-0.15, -0.1) is 10.7 Å². The molecule has 0 bridgehead atoms. The van der Waals surface area contributed by atoms with Gasteiger partial charge in [-0.2, -0.15) is 0 Å². The molecule has 0 aliphatic carbocycles. The van der Waals surface area contributed by atoms with Crippen LogP contribution in [0.15, 0.2) is 10.7 Å². The van der Waals surface area contributed by atoms with E-state index in [4.69, 9.17) is 20.2 Å². The summed E-state index contributed by atoms with van der Waals surface area (Å²) in [4.78, 5) is 16.0. The van der Waals surface area contributed by atoms with Crippen LogP contribution < -0.4 is 0 Å². The molecule has 0 N–H and O–H groups in total. The molecule has 0 aliphatic rings. The third-order valence-electron chi connectivity index (χ3n) is 0. The zero-order chi connectivity index (χ0) is 5.41. The van der Waals surface area contributed by atoms with E-state index in [0.29, 0.717) is 0 Å². The standard InChI is InChI=1S/2HNO2.Pd/c2*2-1-3;/h2*(H,2,3);/q;;+2/p-2. The summed E-state index contributed by atoms with van der Waals surface area (Å²) in [7, 11) is 0. The minimum Gasteiger partial charge on any atom is -0.444 e. The molecule has 0 aromatic rings. The van der Waals surface area contributed by atoms with Crippen LogP contribution in [0.1, 0.15) is 0 Å². The van der Waals surface area contributed by atoms with Crippen molar-refractivity contribution >= 4 is 0 Å². The molecule has 0 unspecified atom stereocenters. The maximum Gasteiger partial charge on any atom is 2.00 e. The van der Waals surface area contributed by atoms with Crippen molar-refractivity contribution in [2.45, 2.75) is 0 Å². The van der Waals surface area contributed by atoms with Crippen molar-refractivity contribution in [1.82, 2.24) is 0 Å². The second-order valence-electron chi connectivity index (χ2n) is 0.149. The van der Waals surface area contributed by atoms with Crippen LogP contribution >= 0.6 is 0 Å². The third kappa shape index (κ3) is 227. The van der Waals surface area contributed by atoms with E-state index < -0.39 is 0 Å². The molecule has 0 aromatic heterocycles. The van der Waals surface area contributed by atoms with Crippen LogP contribution in [0, 0.1) is 20.2 Å². The first kappa shape index (κ1) is 16.1. The van der Waals surface area contributed by atoms with Crippen LogP contribution in [0.4, 0.5) is 0 Å². The average Bonchev–Trinajstić information content (AvgIpc) is 1.39. The second-order valence-corrected chi connectivity index (χ2v) is 0.149. The zero-order valence-corrected chi connectivity index (χ0v) is 4.40. The molecule has 7 heavy (non-hydrogen) atoms. The Morgan fingerprint density at radius 1 is 1.00 bits per heavy atom. The van der Waals surface area contributed by atoms with Crippen LogP contribution in [-0.2, 0) is 20.4 Å². The maximum absolute atomic E-state index is 8.00. The predicted octanol–water partition coefficient (Wildman–Crippen LogP) is 0.499. The molecule has 0 amide bonds. The van der Waals surface area contributed by atoms with Gasteiger partial charge in [0.15, 0.2) is 0 Å². The van der Waals surface area contributed by atoms with Crippen LogP contribution in [0.3, 0.4) is 0 Å². The predicted molar refractivity (Wildman–Crippen MR) is 18.3 cm³/mol. The topological polar surface area (TPSA) is 105 Å². The fraction of sp³-hybridized carbons (Fsp3) is 0. The summed E-state index contributed by atoms with van der Waals surface area (Å²) in [6, 6.07) is 0. The molecule has 0 atom stereocenters. The third-order valence-corrected chi connectivity index (χ3v) is 0. The van der Waals surface area contributed by atoms with E-state index in [-0.39, 0.29) is 20.4 Å². The Hall–Kier alpha value is -0.538. The molecule has 0 saturated carbocycles. The fourth-order valence-electron chi connectivity index (χ4n) is 0.